The highest BCUT2D eigenvalue weighted by molar-refractivity contribution is 6.30. The number of halogens is 1. The molecule has 2 saturated heterocycles. The standard InChI is InChI=1S/C20H33ClN6/c1-22-20(23-14-19-16-24(2)7-8-25(19)3)27-11-9-26(10-12-27)15-17-5-4-6-18(21)13-17/h4-6,13,19H,7-12,14-16H2,1-3H3,(H,22,23). The fourth-order valence-corrected chi connectivity index (χ4v) is 4.09. The molecule has 1 N–H and O–H groups in total. The van der Waals surface area contributed by atoms with Crippen molar-refractivity contribution in [1.29, 1.82) is 0 Å². The molecule has 0 radical (unpaired) electrons. The van der Waals surface area contributed by atoms with Crippen LogP contribution in [0.5, 0.6) is 0 Å². The summed E-state index contributed by atoms with van der Waals surface area (Å²) in [5.41, 5.74) is 1.28. The second kappa shape index (κ2) is 9.73. The Hall–Kier alpha value is -1.34. The van der Waals surface area contributed by atoms with Crippen LogP contribution in [0.3, 0.4) is 0 Å². The molecule has 1 unspecified atom stereocenters. The predicted molar refractivity (Wildman–Crippen MR) is 114 cm³/mol. The van der Waals surface area contributed by atoms with Crippen molar-refractivity contribution in [3.05, 3.63) is 34.9 Å². The first-order valence-corrected chi connectivity index (χ1v) is 10.2. The Balaban J connectivity index is 1.46. The largest absolute Gasteiger partial charge is 0.355 e. The van der Waals surface area contributed by atoms with E-state index in [1.807, 2.05) is 19.2 Å². The third-order valence-electron chi connectivity index (χ3n) is 5.65. The number of guanidine groups is 1. The monoisotopic (exact) mass is 392 g/mol. The maximum absolute atomic E-state index is 6.11. The van der Waals surface area contributed by atoms with Crippen LogP contribution in [-0.2, 0) is 6.54 Å². The maximum Gasteiger partial charge on any atom is 0.193 e. The van der Waals surface area contributed by atoms with Crippen LogP contribution in [0.4, 0.5) is 0 Å². The van der Waals surface area contributed by atoms with E-state index in [1.165, 1.54) is 5.56 Å². The third kappa shape index (κ3) is 5.82. The molecule has 0 aliphatic carbocycles. The van der Waals surface area contributed by atoms with Gasteiger partial charge in [0.1, 0.15) is 0 Å². The molecule has 1 aromatic rings. The van der Waals surface area contributed by atoms with E-state index in [9.17, 15) is 0 Å². The Morgan fingerprint density at radius 3 is 2.63 bits per heavy atom. The minimum Gasteiger partial charge on any atom is -0.355 e. The minimum atomic E-state index is 0.532. The Morgan fingerprint density at radius 1 is 1.15 bits per heavy atom. The lowest BCUT2D eigenvalue weighted by Gasteiger charge is -2.40. The van der Waals surface area contributed by atoms with Gasteiger partial charge >= 0.3 is 0 Å². The van der Waals surface area contributed by atoms with Crippen molar-refractivity contribution in [3.8, 4) is 0 Å². The molecule has 2 fully saturated rings. The van der Waals surface area contributed by atoms with Crippen molar-refractivity contribution in [1.82, 2.24) is 24.9 Å². The van der Waals surface area contributed by atoms with Crippen LogP contribution in [0.2, 0.25) is 5.02 Å². The average Bonchev–Trinajstić information content (AvgIpc) is 2.66. The first-order chi connectivity index (χ1) is 13.0. The van der Waals surface area contributed by atoms with Crippen molar-refractivity contribution in [2.75, 3.05) is 73.5 Å². The zero-order valence-electron chi connectivity index (χ0n) is 16.9. The molecular weight excluding hydrogens is 360 g/mol. The lowest BCUT2D eigenvalue weighted by molar-refractivity contribution is 0.115. The van der Waals surface area contributed by atoms with Gasteiger partial charge in [0, 0.05) is 77.0 Å². The van der Waals surface area contributed by atoms with E-state index in [0.717, 1.165) is 69.9 Å². The van der Waals surface area contributed by atoms with E-state index in [1.54, 1.807) is 0 Å². The average molecular weight is 393 g/mol. The van der Waals surface area contributed by atoms with Crippen LogP contribution in [0.1, 0.15) is 5.56 Å². The van der Waals surface area contributed by atoms with Crippen LogP contribution < -0.4 is 5.32 Å². The second-order valence-electron chi connectivity index (χ2n) is 7.72. The number of hydrogen-bond donors (Lipinski definition) is 1. The molecule has 2 aliphatic heterocycles. The van der Waals surface area contributed by atoms with Crippen molar-refractivity contribution in [2.24, 2.45) is 4.99 Å². The van der Waals surface area contributed by atoms with Crippen molar-refractivity contribution < 1.29 is 0 Å². The lowest BCUT2D eigenvalue weighted by atomic mass is 10.2. The van der Waals surface area contributed by atoms with E-state index >= 15 is 0 Å². The van der Waals surface area contributed by atoms with Gasteiger partial charge in [-0.25, -0.2) is 0 Å². The SMILES string of the molecule is CN=C(NCC1CN(C)CCN1C)N1CCN(Cc2cccc(Cl)c2)CC1. The molecule has 0 spiro atoms. The summed E-state index contributed by atoms with van der Waals surface area (Å²) in [5.74, 6) is 1.03. The van der Waals surface area contributed by atoms with Crippen molar-refractivity contribution in [3.63, 3.8) is 0 Å². The summed E-state index contributed by atoms with van der Waals surface area (Å²) >= 11 is 6.11. The van der Waals surface area contributed by atoms with E-state index in [2.05, 4.69) is 56.1 Å². The number of benzene rings is 1. The highest BCUT2D eigenvalue weighted by Gasteiger charge is 2.24. The quantitative estimate of drug-likeness (QED) is 0.617. The Morgan fingerprint density at radius 2 is 1.93 bits per heavy atom. The van der Waals surface area contributed by atoms with E-state index in [-0.39, 0.29) is 0 Å². The number of likely N-dealkylation sites (N-methyl/N-ethyl adjacent to an activating group) is 2. The first kappa shape index (κ1) is 20.4. The normalized spacial score (nSPS) is 23.6. The van der Waals surface area contributed by atoms with Gasteiger partial charge < -0.3 is 15.1 Å². The van der Waals surface area contributed by atoms with Gasteiger partial charge in [-0.05, 0) is 31.8 Å². The number of aliphatic imine (C=N–C) groups is 1. The first-order valence-electron chi connectivity index (χ1n) is 9.86. The maximum atomic E-state index is 6.11. The third-order valence-corrected chi connectivity index (χ3v) is 5.89. The Bertz CT molecular complexity index is 629. The fraction of sp³-hybridized carbons (Fsp3) is 0.650. The van der Waals surface area contributed by atoms with Gasteiger partial charge in [-0.15, -0.1) is 0 Å². The van der Waals surface area contributed by atoms with Gasteiger partial charge in [0.15, 0.2) is 5.96 Å². The molecular formula is C20H33ClN6. The van der Waals surface area contributed by atoms with Crippen molar-refractivity contribution in [2.45, 2.75) is 12.6 Å². The number of nitrogens with one attached hydrogen (secondary N) is 1. The minimum absolute atomic E-state index is 0.532. The van der Waals surface area contributed by atoms with Crippen LogP contribution >= 0.6 is 11.6 Å². The van der Waals surface area contributed by atoms with Crippen molar-refractivity contribution >= 4 is 17.6 Å². The number of hydrogen-bond acceptors (Lipinski definition) is 4. The lowest BCUT2D eigenvalue weighted by Crippen LogP contribution is -2.57. The van der Waals surface area contributed by atoms with Crippen LogP contribution in [0.25, 0.3) is 0 Å². The summed E-state index contributed by atoms with van der Waals surface area (Å²) in [7, 11) is 6.31. The smallest absolute Gasteiger partial charge is 0.193 e. The van der Waals surface area contributed by atoms with Gasteiger partial charge in [0.2, 0.25) is 0 Å². The number of rotatable bonds is 4. The summed E-state index contributed by atoms with van der Waals surface area (Å²) in [6.45, 7) is 9.36. The molecule has 2 aliphatic rings. The summed E-state index contributed by atoms with van der Waals surface area (Å²) < 4.78 is 0. The summed E-state index contributed by atoms with van der Waals surface area (Å²) in [5, 5.41) is 4.42. The van der Waals surface area contributed by atoms with Gasteiger partial charge in [0.05, 0.1) is 0 Å². The molecule has 27 heavy (non-hydrogen) atoms. The highest BCUT2D eigenvalue weighted by atomic mass is 35.5. The van der Waals surface area contributed by atoms with Crippen LogP contribution in [0, 0.1) is 0 Å². The molecule has 1 aromatic carbocycles. The predicted octanol–water partition coefficient (Wildman–Crippen LogP) is 1.28. The molecule has 7 heteroatoms. The van der Waals surface area contributed by atoms with E-state index in [0.29, 0.717) is 6.04 Å². The van der Waals surface area contributed by atoms with Gasteiger partial charge in [-0.2, -0.15) is 0 Å². The molecule has 2 heterocycles. The molecule has 0 amide bonds. The molecule has 3 rings (SSSR count). The van der Waals surface area contributed by atoms with E-state index < -0.39 is 0 Å². The zero-order valence-corrected chi connectivity index (χ0v) is 17.6. The molecule has 0 saturated carbocycles. The molecule has 6 nitrogen and oxygen atoms in total. The van der Waals surface area contributed by atoms with Gasteiger partial charge in [0.25, 0.3) is 0 Å². The second-order valence-corrected chi connectivity index (χ2v) is 8.15. The molecule has 0 aromatic heterocycles. The summed E-state index contributed by atoms with van der Waals surface area (Å²) in [6.07, 6.45) is 0. The Kier molecular flexibility index (Phi) is 7.35. The van der Waals surface area contributed by atoms with E-state index in [4.69, 9.17) is 11.6 Å². The summed E-state index contributed by atoms with van der Waals surface area (Å²) in [6, 6.07) is 8.70. The summed E-state index contributed by atoms with van der Waals surface area (Å²) in [4.78, 5) is 14.2. The molecule has 1 atom stereocenters. The molecule has 150 valence electrons. The molecule has 0 bridgehead atoms. The number of piperazine rings is 2. The number of nitrogens with zero attached hydrogens (tertiary/aromatic N) is 5. The zero-order chi connectivity index (χ0) is 19.2. The van der Waals surface area contributed by atoms with Crippen LogP contribution in [-0.4, -0.2) is 105 Å². The van der Waals surface area contributed by atoms with Gasteiger partial charge in [-0.1, -0.05) is 23.7 Å². The van der Waals surface area contributed by atoms with Gasteiger partial charge in [-0.3, -0.25) is 14.8 Å². The van der Waals surface area contributed by atoms with Crippen LogP contribution in [0.15, 0.2) is 29.3 Å². The fourth-order valence-electron chi connectivity index (χ4n) is 3.87. The highest BCUT2D eigenvalue weighted by Crippen LogP contribution is 2.14. The topological polar surface area (TPSA) is 37.4 Å². The Labute approximate surface area is 168 Å².